The van der Waals surface area contributed by atoms with Gasteiger partial charge in [0.15, 0.2) is 0 Å². The number of phenolic OH excluding ortho intramolecular Hbond substituents is 1. The van der Waals surface area contributed by atoms with Gasteiger partial charge in [-0.2, -0.15) is 0 Å². The lowest BCUT2D eigenvalue weighted by atomic mass is 9.70. The first-order valence-electron chi connectivity index (χ1n) is 13.6. The van der Waals surface area contributed by atoms with Crippen LogP contribution in [0.1, 0.15) is 66.9 Å². The van der Waals surface area contributed by atoms with Gasteiger partial charge in [0.1, 0.15) is 11.4 Å². The van der Waals surface area contributed by atoms with Crippen LogP contribution in [0.25, 0.3) is 0 Å². The van der Waals surface area contributed by atoms with E-state index in [-0.39, 0.29) is 41.1 Å². The number of likely N-dealkylation sites (tertiary alicyclic amines) is 1. The largest absolute Gasteiger partial charge is 0.507 e. The van der Waals surface area contributed by atoms with Gasteiger partial charge in [-0.3, -0.25) is 4.79 Å². The maximum Gasteiger partial charge on any atom is 0.410 e. The lowest BCUT2D eigenvalue weighted by Crippen LogP contribution is -2.43. The number of carbonyl (C=O) groups is 2. The Balaban J connectivity index is 1.63. The van der Waals surface area contributed by atoms with Gasteiger partial charge >= 0.3 is 6.09 Å². The second-order valence-corrected chi connectivity index (χ2v) is 12.1. The molecule has 212 valence electrons. The molecule has 1 aliphatic heterocycles. The third-order valence-electron chi connectivity index (χ3n) is 7.32. The Labute approximate surface area is 246 Å². The molecule has 1 saturated heterocycles. The molecule has 0 aliphatic carbocycles. The fourth-order valence-corrected chi connectivity index (χ4v) is 5.66. The minimum Gasteiger partial charge on any atom is -0.507 e. The molecule has 1 heterocycles. The predicted molar refractivity (Wildman–Crippen MR) is 159 cm³/mol. The summed E-state index contributed by atoms with van der Waals surface area (Å²) in [5.74, 6) is -0.267. The van der Waals surface area contributed by atoms with E-state index in [1.807, 2.05) is 69.3 Å². The van der Waals surface area contributed by atoms with Gasteiger partial charge in [-0.15, -0.1) is 0 Å². The molecule has 1 fully saturated rings. The molecule has 2 atom stereocenters. The molecular formula is C32H36Cl2N2O4. The smallest absolute Gasteiger partial charge is 0.410 e. The monoisotopic (exact) mass is 582 g/mol. The van der Waals surface area contributed by atoms with Crippen molar-refractivity contribution in [1.82, 2.24) is 10.2 Å². The van der Waals surface area contributed by atoms with E-state index in [0.717, 1.165) is 24.0 Å². The third-order valence-corrected chi connectivity index (χ3v) is 7.82. The first kappa shape index (κ1) is 29.8. The van der Waals surface area contributed by atoms with E-state index in [1.165, 1.54) is 6.07 Å². The minimum atomic E-state index is -0.551. The highest BCUT2D eigenvalue weighted by Crippen LogP contribution is 2.43. The number of rotatable bonds is 7. The molecule has 0 aromatic heterocycles. The van der Waals surface area contributed by atoms with Crippen LogP contribution >= 0.6 is 23.2 Å². The topological polar surface area (TPSA) is 78.9 Å². The Morgan fingerprint density at radius 3 is 2.02 bits per heavy atom. The highest BCUT2D eigenvalue weighted by atomic mass is 35.5. The lowest BCUT2D eigenvalue weighted by molar-refractivity contribution is 0.0169. The van der Waals surface area contributed by atoms with Gasteiger partial charge in [-0.25, -0.2) is 4.79 Å². The molecule has 2 unspecified atom stereocenters. The van der Waals surface area contributed by atoms with Crippen molar-refractivity contribution in [3.8, 4) is 5.75 Å². The van der Waals surface area contributed by atoms with Crippen LogP contribution in [0.5, 0.6) is 5.75 Å². The van der Waals surface area contributed by atoms with Crippen molar-refractivity contribution >= 4 is 35.2 Å². The van der Waals surface area contributed by atoms with Crippen LogP contribution in [-0.4, -0.2) is 47.2 Å². The fraction of sp³-hybridized carbons (Fsp3) is 0.375. The third kappa shape index (κ3) is 7.70. The first-order chi connectivity index (χ1) is 19.0. The summed E-state index contributed by atoms with van der Waals surface area (Å²) in [6.45, 7) is 7.12. The standard InChI is InChI=1S/C32H36Cl2N2O4/c1-32(2,3)40-31(39)36-18-16-23(17-19-36)29(22-10-14-25(34)15-11-22)27(21-8-12-24(33)13-9-21)20-35-30(38)26-6-4-5-7-28(26)37/h4-15,23,27,29,37H,16-20H2,1-3H3,(H,35,38). The van der Waals surface area contributed by atoms with Crippen LogP contribution < -0.4 is 5.32 Å². The van der Waals surface area contributed by atoms with Crippen LogP contribution in [0.2, 0.25) is 10.0 Å². The lowest BCUT2D eigenvalue weighted by Gasteiger charge is -2.40. The van der Waals surface area contributed by atoms with Crippen LogP contribution in [0.4, 0.5) is 4.79 Å². The molecule has 0 radical (unpaired) electrons. The van der Waals surface area contributed by atoms with Crippen molar-refractivity contribution < 1.29 is 19.4 Å². The maximum absolute atomic E-state index is 13.1. The normalized spacial score (nSPS) is 15.8. The summed E-state index contributed by atoms with van der Waals surface area (Å²) in [5, 5.41) is 14.6. The molecule has 2 N–H and O–H groups in total. The van der Waals surface area contributed by atoms with Gasteiger partial charge in [-0.1, -0.05) is 59.6 Å². The fourth-order valence-electron chi connectivity index (χ4n) is 5.41. The summed E-state index contributed by atoms with van der Waals surface area (Å²) in [4.78, 5) is 27.6. The molecule has 2 amide bonds. The Morgan fingerprint density at radius 2 is 1.48 bits per heavy atom. The number of hydrogen-bond donors (Lipinski definition) is 2. The number of hydrogen-bond acceptors (Lipinski definition) is 4. The van der Waals surface area contributed by atoms with E-state index >= 15 is 0 Å². The molecule has 0 spiro atoms. The van der Waals surface area contributed by atoms with Crippen molar-refractivity contribution in [2.24, 2.45) is 5.92 Å². The number of phenols is 1. The van der Waals surface area contributed by atoms with Crippen LogP contribution in [0, 0.1) is 5.92 Å². The molecule has 4 rings (SSSR count). The zero-order valence-corrected chi connectivity index (χ0v) is 24.6. The quantitative estimate of drug-likeness (QED) is 0.300. The molecule has 1 aliphatic rings. The Bertz CT molecular complexity index is 1300. The number of benzene rings is 3. The second kappa shape index (κ2) is 13.0. The summed E-state index contributed by atoms with van der Waals surface area (Å²) in [6.07, 6.45) is 1.27. The van der Waals surface area contributed by atoms with E-state index in [1.54, 1.807) is 23.1 Å². The minimum absolute atomic E-state index is 0.0175. The molecule has 3 aromatic carbocycles. The van der Waals surface area contributed by atoms with Crippen LogP contribution in [0.3, 0.4) is 0 Å². The summed E-state index contributed by atoms with van der Waals surface area (Å²) < 4.78 is 5.61. The number of carbonyl (C=O) groups excluding carboxylic acids is 2. The molecule has 0 bridgehead atoms. The van der Waals surface area contributed by atoms with E-state index in [9.17, 15) is 14.7 Å². The number of nitrogens with zero attached hydrogens (tertiary/aromatic N) is 1. The number of ether oxygens (including phenoxy) is 1. The van der Waals surface area contributed by atoms with E-state index < -0.39 is 5.60 Å². The van der Waals surface area contributed by atoms with E-state index in [0.29, 0.717) is 29.7 Å². The van der Waals surface area contributed by atoms with E-state index in [4.69, 9.17) is 27.9 Å². The average molecular weight is 584 g/mol. The average Bonchev–Trinajstić information content (AvgIpc) is 2.92. The van der Waals surface area contributed by atoms with Gasteiger partial charge < -0.3 is 20.1 Å². The van der Waals surface area contributed by atoms with Gasteiger partial charge in [0.2, 0.25) is 0 Å². The summed E-state index contributed by atoms with van der Waals surface area (Å²) in [7, 11) is 0. The zero-order valence-electron chi connectivity index (χ0n) is 23.1. The van der Waals surface area contributed by atoms with Gasteiger partial charge in [0.25, 0.3) is 5.91 Å². The second-order valence-electron chi connectivity index (χ2n) is 11.3. The molecule has 3 aromatic rings. The molecular weight excluding hydrogens is 547 g/mol. The van der Waals surface area contributed by atoms with Crippen molar-refractivity contribution in [3.63, 3.8) is 0 Å². The number of amides is 2. The molecule has 6 nitrogen and oxygen atoms in total. The Morgan fingerprint density at radius 1 is 0.925 bits per heavy atom. The number of para-hydroxylation sites is 1. The number of aromatic hydroxyl groups is 1. The van der Waals surface area contributed by atoms with Crippen molar-refractivity contribution in [2.75, 3.05) is 19.6 Å². The molecule has 8 heteroatoms. The number of halogens is 2. The number of nitrogens with one attached hydrogen (secondary N) is 1. The van der Waals surface area contributed by atoms with Crippen LogP contribution in [0.15, 0.2) is 72.8 Å². The van der Waals surface area contributed by atoms with Crippen molar-refractivity contribution in [3.05, 3.63) is 99.5 Å². The predicted octanol–water partition coefficient (Wildman–Crippen LogP) is 7.64. The summed E-state index contributed by atoms with van der Waals surface area (Å²) in [6, 6.07) is 22.1. The van der Waals surface area contributed by atoms with Gasteiger partial charge in [-0.05, 0) is 93.0 Å². The molecule has 40 heavy (non-hydrogen) atoms. The highest BCUT2D eigenvalue weighted by molar-refractivity contribution is 6.30. The van der Waals surface area contributed by atoms with Gasteiger partial charge in [0.05, 0.1) is 5.56 Å². The van der Waals surface area contributed by atoms with Crippen LogP contribution in [-0.2, 0) is 4.74 Å². The van der Waals surface area contributed by atoms with Crippen molar-refractivity contribution in [1.29, 1.82) is 0 Å². The van der Waals surface area contributed by atoms with Crippen molar-refractivity contribution in [2.45, 2.75) is 51.0 Å². The summed E-state index contributed by atoms with van der Waals surface area (Å²) in [5.41, 5.74) is 1.82. The SMILES string of the molecule is CC(C)(C)OC(=O)N1CCC(C(c2ccc(Cl)cc2)C(CNC(=O)c2ccccc2O)c2ccc(Cl)cc2)CC1. The number of piperidine rings is 1. The Kier molecular flexibility index (Phi) is 9.64. The first-order valence-corrected chi connectivity index (χ1v) is 14.3. The summed E-state index contributed by atoms with van der Waals surface area (Å²) >= 11 is 12.5. The Hall–Kier alpha value is -3.22. The maximum atomic E-state index is 13.1. The molecule has 0 saturated carbocycles. The van der Waals surface area contributed by atoms with Gasteiger partial charge in [0, 0.05) is 35.6 Å². The zero-order chi connectivity index (χ0) is 28.9. The highest BCUT2D eigenvalue weighted by Gasteiger charge is 2.36. The van der Waals surface area contributed by atoms with E-state index in [2.05, 4.69) is 5.32 Å².